The van der Waals surface area contributed by atoms with Gasteiger partial charge in [0.15, 0.2) is 5.82 Å². The highest BCUT2D eigenvalue weighted by Crippen LogP contribution is 2.35. The SMILES string of the molecule is CN1CCN(Cc2ccc(NC(=O)Nc3cc(-c4ccc5ccncc5c4)n(C)n3)cc2C(F)(F)F)CC1. The molecule has 3 heterocycles. The zero-order valence-corrected chi connectivity index (χ0v) is 21.1. The third kappa shape index (κ3) is 5.79. The summed E-state index contributed by atoms with van der Waals surface area (Å²) >= 11 is 0. The van der Waals surface area contributed by atoms with Crippen molar-refractivity contribution >= 4 is 28.3 Å². The lowest BCUT2D eigenvalue weighted by Crippen LogP contribution is -2.44. The molecule has 0 radical (unpaired) electrons. The van der Waals surface area contributed by atoms with E-state index in [2.05, 4.69) is 25.6 Å². The number of urea groups is 1. The van der Waals surface area contributed by atoms with Gasteiger partial charge in [0.05, 0.1) is 11.3 Å². The fourth-order valence-corrected chi connectivity index (χ4v) is 4.62. The molecule has 2 aromatic carbocycles. The van der Waals surface area contributed by atoms with Crippen LogP contribution in [0.15, 0.2) is 60.9 Å². The van der Waals surface area contributed by atoms with Crippen LogP contribution < -0.4 is 10.6 Å². The van der Waals surface area contributed by atoms with E-state index in [-0.39, 0.29) is 23.6 Å². The van der Waals surface area contributed by atoms with Crippen molar-refractivity contribution in [3.05, 3.63) is 72.1 Å². The Balaban J connectivity index is 1.29. The molecule has 11 heteroatoms. The maximum Gasteiger partial charge on any atom is 0.416 e. The van der Waals surface area contributed by atoms with Gasteiger partial charge in [-0.25, -0.2) is 4.79 Å². The van der Waals surface area contributed by atoms with Gasteiger partial charge in [-0.1, -0.05) is 18.2 Å². The summed E-state index contributed by atoms with van der Waals surface area (Å²) in [6.45, 7) is 3.25. The Kier molecular flexibility index (Phi) is 7.04. The maximum absolute atomic E-state index is 13.9. The number of anilines is 2. The number of aromatic nitrogens is 3. The Morgan fingerprint density at radius 1 is 0.947 bits per heavy atom. The summed E-state index contributed by atoms with van der Waals surface area (Å²) in [5, 5.41) is 11.5. The van der Waals surface area contributed by atoms with Gasteiger partial charge in [-0.3, -0.25) is 19.9 Å². The second kappa shape index (κ2) is 10.4. The van der Waals surface area contributed by atoms with Crippen molar-refractivity contribution in [2.75, 3.05) is 43.9 Å². The van der Waals surface area contributed by atoms with Crippen LogP contribution in [0.25, 0.3) is 22.0 Å². The predicted octanol–water partition coefficient (Wildman–Crippen LogP) is 5.05. The number of fused-ring (bicyclic) bond motifs is 1. The molecule has 5 rings (SSSR count). The third-order valence-electron chi connectivity index (χ3n) is 6.72. The minimum atomic E-state index is -4.54. The molecule has 1 aliphatic heterocycles. The van der Waals surface area contributed by atoms with E-state index in [4.69, 9.17) is 0 Å². The summed E-state index contributed by atoms with van der Waals surface area (Å²) in [4.78, 5) is 20.9. The second-order valence-electron chi connectivity index (χ2n) is 9.50. The van der Waals surface area contributed by atoms with Gasteiger partial charge >= 0.3 is 12.2 Å². The van der Waals surface area contributed by atoms with Crippen LogP contribution in [-0.2, 0) is 19.8 Å². The van der Waals surface area contributed by atoms with Crippen LogP contribution in [-0.4, -0.2) is 63.8 Å². The van der Waals surface area contributed by atoms with Gasteiger partial charge in [-0.2, -0.15) is 18.3 Å². The molecule has 0 spiro atoms. The zero-order valence-electron chi connectivity index (χ0n) is 21.1. The van der Waals surface area contributed by atoms with Gasteiger partial charge in [-0.05, 0) is 42.3 Å². The molecule has 38 heavy (non-hydrogen) atoms. The van der Waals surface area contributed by atoms with Crippen molar-refractivity contribution in [2.45, 2.75) is 12.7 Å². The van der Waals surface area contributed by atoms with Crippen LogP contribution in [0.3, 0.4) is 0 Å². The van der Waals surface area contributed by atoms with Crippen LogP contribution >= 0.6 is 0 Å². The second-order valence-corrected chi connectivity index (χ2v) is 9.50. The number of nitrogens with one attached hydrogen (secondary N) is 2. The molecule has 1 aliphatic rings. The van der Waals surface area contributed by atoms with E-state index in [1.54, 1.807) is 30.2 Å². The first-order valence-electron chi connectivity index (χ1n) is 12.2. The molecule has 0 bridgehead atoms. The van der Waals surface area contributed by atoms with E-state index in [1.807, 2.05) is 36.2 Å². The molecular weight excluding hydrogens is 495 g/mol. The molecule has 2 amide bonds. The predicted molar refractivity (Wildman–Crippen MR) is 141 cm³/mol. The number of pyridine rings is 1. The fraction of sp³-hybridized carbons (Fsp3) is 0.296. The maximum atomic E-state index is 13.9. The van der Waals surface area contributed by atoms with Crippen molar-refractivity contribution in [1.82, 2.24) is 24.6 Å². The lowest BCUT2D eigenvalue weighted by Gasteiger charge is -2.33. The summed E-state index contributed by atoms with van der Waals surface area (Å²) in [5.41, 5.74) is 1.14. The molecule has 8 nitrogen and oxygen atoms in total. The molecule has 4 aromatic rings. The number of carbonyl (C=O) groups excluding carboxylic acids is 1. The Morgan fingerprint density at radius 3 is 2.50 bits per heavy atom. The highest BCUT2D eigenvalue weighted by molar-refractivity contribution is 5.99. The molecular formula is C27H28F3N7O. The van der Waals surface area contributed by atoms with E-state index < -0.39 is 17.8 Å². The fourth-order valence-electron chi connectivity index (χ4n) is 4.62. The molecule has 0 saturated carbocycles. The topological polar surface area (TPSA) is 78.3 Å². The number of benzene rings is 2. The van der Waals surface area contributed by atoms with Crippen molar-refractivity contribution in [2.24, 2.45) is 7.05 Å². The Bertz CT molecular complexity index is 1460. The number of piperazine rings is 1. The van der Waals surface area contributed by atoms with Crippen LogP contribution in [0.2, 0.25) is 0 Å². The first kappa shape index (κ1) is 25.7. The van der Waals surface area contributed by atoms with Crippen LogP contribution in [0.5, 0.6) is 0 Å². The summed E-state index contributed by atoms with van der Waals surface area (Å²) in [7, 11) is 3.75. The molecule has 1 fully saturated rings. The number of amides is 2. The van der Waals surface area contributed by atoms with Crippen molar-refractivity contribution in [3.8, 4) is 11.3 Å². The minimum Gasteiger partial charge on any atom is -0.308 e. The van der Waals surface area contributed by atoms with Gasteiger partial charge in [-0.15, -0.1) is 0 Å². The standard InChI is InChI=1S/C27H28F3N7O/c1-35-9-11-37(12-10-35)17-20-5-6-22(14-23(20)27(28,29)30)32-26(38)33-25-15-24(36(2)34-25)19-4-3-18-7-8-31-16-21(18)13-19/h3-8,13-16H,9-12,17H2,1-2H3,(H2,32,33,34,38). The quantitative estimate of drug-likeness (QED) is 0.383. The van der Waals surface area contributed by atoms with Crippen LogP contribution in [0, 0.1) is 0 Å². The Morgan fingerprint density at radius 2 is 1.74 bits per heavy atom. The summed E-state index contributed by atoms with van der Waals surface area (Å²) in [6, 6.07) is 12.8. The Hall–Kier alpha value is -3.96. The van der Waals surface area contributed by atoms with Gasteiger partial charge in [0.25, 0.3) is 0 Å². The van der Waals surface area contributed by atoms with E-state index >= 15 is 0 Å². The van der Waals surface area contributed by atoms with Gasteiger partial charge in [0, 0.05) is 74.9 Å². The van der Waals surface area contributed by atoms with Gasteiger partial charge < -0.3 is 10.2 Å². The summed E-state index contributed by atoms with van der Waals surface area (Å²) < 4.78 is 43.2. The largest absolute Gasteiger partial charge is 0.416 e. The minimum absolute atomic E-state index is 0.0511. The van der Waals surface area contributed by atoms with E-state index in [1.165, 1.54) is 12.1 Å². The lowest BCUT2D eigenvalue weighted by molar-refractivity contribution is -0.138. The number of likely N-dealkylation sites (N-methyl/N-ethyl adjacent to an activating group) is 1. The van der Waals surface area contributed by atoms with Gasteiger partial charge in [0.1, 0.15) is 0 Å². The molecule has 2 aromatic heterocycles. The molecule has 198 valence electrons. The molecule has 0 unspecified atom stereocenters. The Labute approximate surface area is 218 Å². The highest BCUT2D eigenvalue weighted by Gasteiger charge is 2.34. The van der Waals surface area contributed by atoms with Crippen LogP contribution in [0.1, 0.15) is 11.1 Å². The van der Waals surface area contributed by atoms with Crippen molar-refractivity contribution in [1.29, 1.82) is 0 Å². The lowest BCUT2D eigenvalue weighted by atomic mass is 10.0. The smallest absolute Gasteiger partial charge is 0.308 e. The summed E-state index contributed by atoms with van der Waals surface area (Å²) in [5.74, 6) is 0.272. The van der Waals surface area contributed by atoms with E-state index in [9.17, 15) is 18.0 Å². The van der Waals surface area contributed by atoms with Gasteiger partial charge in [0.2, 0.25) is 0 Å². The highest BCUT2D eigenvalue weighted by atomic mass is 19.4. The zero-order chi connectivity index (χ0) is 26.9. The third-order valence-corrected chi connectivity index (χ3v) is 6.72. The molecule has 1 saturated heterocycles. The number of alkyl halides is 3. The monoisotopic (exact) mass is 523 g/mol. The van der Waals surface area contributed by atoms with E-state index in [0.717, 1.165) is 41.2 Å². The number of aryl methyl sites for hydroxylation is 1. The number of hydrogen-bond acceptors (Lipinski definition) is 5. The first-order chi connectivity index (χ1) is 18.2. The average molecular weight is 524 g/mol. The van der Waals surface area contributed by atoms with E-state index in [0.29, 0.717) is 13.1 Å². The normalized spacial score (nSPS) is 15.1. The van der Waals surface area contributed by atoms with Crippen molar-refractivity contribution < 1.29 is 18.0 Å². The number of hydrogen-bond donors (Lipinski definition) is 2. The number of carbonyl (C=O) groups is 1. The number of nitrogens with zero attached hydrogens (tertiary/aromatic N) is 5. The summed E-state index contributed by atoms with van der Waals surface area (Å²) in [6.07, 6.45) is -1.04. The van der Waals surface area contributed by atoms with Crippen LogP contribution in [0.4, 0.5) is 29.5 Å². The number of rotatable bonds is 5. The molecule has 2 N–H and O–H groups in total. The average Bonchev–Trinajstić information content (AvgIpc) is 3.24. The molecule has 0 atom stereocenters. The first-order valence-corrected chi connectivity index (χ1v) is 12.2. The number of halogens is 3. The molecule has 0 aliphatic carbocycles. The van der Waals surface area contributed by atoms with Crippen molar-refractivity contribution in [3.63, 3.8) is 0 Å².